The van der Waals surface area contributed by atoms with Crippen LogP contribution in [0.5, 0.6) is 0 Å². The minimum absolute atomic E-state index is 0.0773. The quantitative estimate of drug-likeness (QED) is 0.405. The Morgan fingerprint density at radius 1 is 1.73 bits per heavy atom. The number of halogens is 1. The van der Waals surface area contributed by atoms with Gasteiger partial charge in [0.15, 0.2) is 0 Å². The molecule has 0 spiro atoms. The van der Waals surface area contributed by atoms with Gasteiger partial charge in [0.05, 0.1) is 12.5 Å². The fourth-order valence-corrected chi connectivity index (χ4v) is 1.46. The molecule has 2 amide bonds. The molecule has 0 radical (unpaired) electrons. The van der Waals surface area contributed by atoms with Crippen LogP contribution < -0.4 is 0 Å². The van der Waals surface area contributed by atoms with Gasteiger partial charge in [-0.1, -0.05) is 0 Å². The van der Waals surface area contributed by atoms with Gasteiger partial charge in [-0.25, -0.2) is 5.01 Å². The smallest absolute Gasteiger partial charge is 0.273 e. The summed E-state index contributed by atoms with van der Waals surface area (Å²) in [6, 6.07) is -0.113. The summed E-state index contributed by atoms with van der Waals surface area (Å²) in [5, 5.41) is 1.88. The van der Waals surface area contributed by atoms with Gasteiger partial charge in [-0.3, -0.25) is 14.6 Å². The molecule has 1 aliphatic rings. The number of carbonyl (C=O) groups is 2. The molecular formula is C6H9ClN2O2. The van der Waals surface area contributed by atoms with Crippen LogP contribution in [-0.4, -0.2) is 34.4 Å². The molecule has 1 saturated heterocycles. The highest BCUT2D eigenvalue weighted by molar-refractivity contribution is 6.62. The van der Waals surface area contributed by atoms with Crippen LogP contribution in [0.2, 0.25) is 0 Å². The third kappa shape index (κ3) is 1.30. The summed E-state index contributed by atoms with van der Waals surface area (Å²) in [6.45, 7) is 1.78. The lowest BCUT2D eigenvalue weighted by molar-refractivity contribution is -0.132. The molecular weight excluding hydrogens is 168 g/mol. The van der Waals surface area contributed by atoms with E-state index >= 15 is 0 Å². The lowest BCUT2D eigenvalue weighted by Crippen LogP contribution is -2.40. The van der Waals surface area contributed by atoms with Gasteiger partial charge in [-0.15, -0.1) is 0 Å². The standard InChI is InChI=1S/C6H9ClN2O2/c1-4-3-5(10)8(2)9(4)6(7)11/h4H,3H2,1-2H3. The number of carbonyl (C=O) groups excluding carboxylic acids is 2. The van der Waals surface area contributed by atoms with Crippen LogP contribution in [0.15, 0.2) is 0 Å². The molecule has 0 aromatic heterocycles. The maximum absolute atomic E-state index is 11.0. The number of rotatable bonds is 0. The first-order valence-electron chi connectivity index (χ1n) is 3.29. The Morgan fingerprint density at radius 3 is 2.45 bits per heavy atom. The summed E-state index contributed by atoms with van der Waals surface area (Å²) in [5.41, 5.74) is 0. The summed E-state index contributed by atoms with van der Waals surface area (Å²) >= 11 is 5.23. The Kier molecular flexibility index (Phi) is 2.04. The fourth-order valence-electron chi connectivity index (χ4n) is 1.18. The summed E-state index contributed by atoms with van der Waals surface area (Å²) in [5.74, 6) is -0.0773. The van der Waals surface area contributed by atoms with E-state index in [-0.39, 0.29) is 11.9 Å². The van der Waals surface area contributed by atoms with Gasteiger partial charge in [-0.05, 0) is 18.5 Å². The SMILES string of the molecule is CC1CC(=O)N(C)N1C(=O)Cl. The zero-order valence-corrected chi connectivity index (χ0v) is 7.13. The Hall–Kier alpha value is -0.770. The van der Waals surface area contributed by atoms with Gasteiger partial charge in [0.1, 0.15) is 0 Å². The van der Waals surface area contributed by atoms with E-state index in [1.807, 2.05) is 0 Å². The van der Waals surface area contributed by atoms with E-state index in [1.165, 1.54) is 17.1 Å². The van der Waals surface area contributed by atoms with Crippen LogP contribution >= 0.6 is 11.6 Å². The highest BCUT2D eigenvalue weighted by Gasteiger charge is 2.34. The van der Waals surface area contributed by atoms with Gasteiger partial charge in [0.2, 0.25) is 5.91 Å². The second-order valence-electron chi connectivity index (χ2n) is 2.57. The van der Waals surface area contributed by atoms with Crippen LogP contribution in [0.4, 0.5) is 4.79 Å². The molecule has 1 fully saturated rings. The van der Waals surface area contributed by atoms with Crippen LogP contribution in [-0.2, 0) is 4.79 Å². The number of hydrogen-bond donors (Lipinski definition) is 0. The van der Waals surface area contributed by atoms with Crippen molar-refractivity contribution < 1.29 is 9.59 Å². The predicted molar refractivity (Wildman–Crippen MR) is 39.9 cm³/mol. The Morgan fingerprint density at radius 2 is 2.27 bits per heavy atom. The minimum atomic E-state index is -0.606. The summed E-state index contributed by atoms with van der Waals surface area (Å²) in [4.78, 5) is 21.7. The molecule has 0 aliphatic carbocycles. The summed E-state index contributed by atoms with van der Waals surface area (Å²) < 4.78 is 0. The number of amides is 2. The van der Waals surface area contributed by atoms with Crippen molar-refractivity contribution in [3.05, 3.63) is 0 Å². The van der Waals surface area contributed by atoms with Gasteiger partial charge in [0, 0.05) is 7.05 Å². The lowest BCUT2D eigenvalue weighted by atomic mass is 10.2. The van der Waals surface area contributed by atoms with Crippen molar-refractivity contribution in [3.8, 4) is 0 Å². The first-order chi connectivity index (χ1) is 5.04. The van der Waals surface area contributed by atoms with Crippen LogP contribution in [0.3, 0.4) is 0 Å². The minimum Gasteiger partial charge on any atom is -0.273 e. The molecule has 1 unspecified atom stereocenters. The van der Waals surface area contributed by atoms with Gasteiger partial charge < -0.3 is 0 Å². The molecule has 1 atom stereocenters. The van der Waals surface area contributed by atoms with Crippen LogP contribution in [0.25, 0.3) is 0 Å². The normalized spacial score (nSPS) is 24.6. The third-order valence-electron chi connectivity index (χ3n) is 1.75. The maximum atomic E-state index is 11.0. The predicted octanol–water partition coefficient (Wildman–Crippen LogP) is 0.813. The molecule has 0 N–H and O–H groups in total. The highest BCUT2D eigenvalue weighted by Crippen LogP contribution is 2.18. The van der Waals surface area contributed by atoms with Crippen molar-refractivity contribution in [2.45, 2.75) is 19.4 Å². The molecule has 62 valence electrons. The molecule has 0 bridgehead atoms. The van der Waals surface area contributed by atoms with Crippen molar-refractivity contribution in [3.63, 3.8) is 0 Å². The zero-order valence-electron chi connectivity index (χ0n) is 6.37. The number of hydrazine groups is 1. The molecule has 0 aromatic carbocycles. The highest BCUT2D eigenvalue weighted by atomic mass is 35.5. The zero-order chi connectivity index (χ0) is 8.59. The van der Waals surface area contributed by atoms with E-state index in [9.17, 15) is 9.59 Å². The second-order valence-corrected chi connectivity index (χ2v) is 2.89. The molecule has 1 rings (SSSR count). The van der Waals surface area contributed by atoms with Gasteiger partial charge >= 0.3 is 5.37 Å². The first-order valence-corrected chi connectivity index (χ1v) is 3.67. The van der Waals surface area contributed by atoms with Gasteiger partial charge in [-0.2, -0.15) is 0 Å². The lowest BCUT2D eigenvalue weighted by Gasteiger charge is -2.24. The molecule has 0 aromatic rings. The van der Waals surface area contributed by atoms with Crippen LogP contribution in [0.1, 0.15) is 13.3 Å². The Labute approximate surface area is 69.7 Å². The number of nitrogens with zero attached hydrogens (tertiary/aromatic N) is 2. The first kappa shape index (κ1) is 8.33. The molecule has 1 heterocycles. The molecule has 4 nitrogen and oxygen atoms in total. The maximum Gasteiger partial charge on any atom is 0.335 e. The van der Waals surface area contributed by atoms with E-state index in [0.717, 1.165) is 0 Å². The van der Waals surface area contributed by atoms with Crippen molar-refractivity contribution in [2.75, 3.05) is 7.05 Å². The Balaban J connectivity index is 2.79. The van der Waals surface area contributed by atoms with Crippen LogP contribution in [0, 0.1) is 0 Å². The van der Waals surface area contributed by atoms with E-state index in [0.29, 0.717) is 6.42 Å². The largest absolute Gasteiger partial charge is 0.335 e. The van der Waals surface area contributed by atoms with E-state index in [4.69, 9.17) is 11.6 Å². The Bertz CT molecular complexity index is 207. The third-order valence-corrected chi connectivity index (χ3v) is 1.92. The van der Waals surface area contributed by atoms with E-state index in [1.54, 1.807) is 6.92 Å². The number of hydrogen-bond acceptors (Lipinski definition) is 2. The topological polar surface area (TPSA) is 40.6 Å². The van der Waals surface area contributed by atoms with Gasteiger partial charge in [0.25, 0.3) is 0 Å². The molecule has 5 heteroatoms. The van der Waals surface area contributed by atoms with E-state index in [2.05, 4.69) is 0 Å². The fraction of sp³-hybridized carbons (Fsp3) is 0.667. The average Bonchev–Trinajstić information content (AvgIpc) is 2.07. The summed E-state index contributed by atoms with van der Waals surface area (Å²) in [7, 11) is 1.53. The molecule has 1 aliphatic heterocycles. The molecule has 0 saturated carbocycles. The monoisotopic (exact) mass is 176 g/mol. The molecule has 11 heavy (non-hydrogen) atoms. The van der Waals surface area contributed by atoms with Crippen molar-refractivity contribution in [1.82, 2.24) is 10.0 Å². The van der Waals surface area contributed by atoms with Crippen molar-refractivity contribution in [1.29, 1.82) is 0 Å². The average molecular weight is 177 g/mol. The van der Waals surface area contributed by atoms with E-state index < -0.39 is 5.37 Å². The second kappa shape index (κ2) is 2.70. The van der Waals surface area contributed by atoms with Crippen molar-refractivity contribution >= 4 is 22.9 Å². The summed E-state index contributed by atoms with van der Waals surface area (Å²) in [6.07, 6.45) is 0.356. The van der Waals surface area contributed by atoms with Crippen molar-refractivity contribution in [2.24, 2.45) is 0 Å².